The van der Waals surface area contributed by atoms with Crippen LogP contribution < -0.4 is 0 Å². The molecule has 0 saturated heterocycles. The number of aliphatic hydroxyl groups is 1. The molecule has 0 amide bonds. The summed E-state index contributed by atoms with van der Waals surface area (Å²) in [6, 6.07) is 0. The van der Waals surface area contributed by atoms with Gasteiger partial charge < -0.3 is 9.84 Å². The largest absolute Gasteiger partial charge is 0.466 e. The van der Waals surface area contributed by atoms with Gasteiger partial charge in [0.25, 0.3) is 0 Å². The van der Waals surface area contributed by atoms with E-state index < -0.39 is 0 Å². The van der Waals surface area contributed by atoms with Gasteiger partial charge in [-0.05, 0) is 38.5 Å². The van der Waals surface area contributed by atoms with Crippen LogP contribution in [0.25, 0.3) is 0 Å². The number of esters is 1. The summed E-state index contributed by atoms with van der Waals surface area (Å²) in [5.41, 5.74) is 0. The van der Waals surface area contributed by atoms with Gasteiger partial charge in [0, 0.05) is 6.42 Å². The number of hydrogen-bond donors (Lipinski definition) is 1. The van der Waals surface area contributed by atoms with E-state index in [1.165, 1.54) is 205 Å². The fraction of sp³-hybridized carbons (Fsp3) is 0.936. The molecule has 0 heterocycles. The topological polar surface area (TPSA) is 46.5 Å². The third-order valence-corrected chi connectivity index (χ3v) is 10.7. The molecule has 50 heavy (non-hydrogen) atoms. The first-order valence-corrected chi connectivity index (χ1v) is 23.2. The van der Waals surface area contributed by atoms with Crippen LogP contribution in [0.5, 0.6) is 0 Å². The lowest BCUT2D eigenvalue weighted by atomic mass is 10.0. The highest BCUT2D eigenvalue weighted by atomic mass is 16.5. The third kappa shape index (κ3) is 43.3. The smallest absolute Gasteiger partial charge is 0.305 e. The Labute approximate surface area is 315 Å². The van der Waals surface area contributed by atoms with Crippen molar-refractivity contribution in [3.05, 3.63) is 12.2 Å². The third-order valence-electron chi connectivity index (χ3n) is 10.7. The number of aliphatic hydroxyl groups excluding tert-OH is 1. The molecule has 0 aromatic carbocycles. The molecule has 0 fully saturated rings. The normalized spacial score (nSPS) is 12.3. The molecule has 1 atom stereocenters. The number of carbonyl (C=O) groups excluding carboxylic acids is 1. The van der Waals surface area contributed by atoms with Crippen LogP contribution in [0.2, 0.25) is 0 Å². The first-order valence-electron chi connectivity index (χ1n) is 23.2. The second-order valence-electron chi connectivity index (χ2n) is 15.9. The van der Waals surface area contributed by atoms with Crippen molar-refractivity contribution in [2.45, 2.75) is 277 Å². The summed E-state index contributed by atoms with van der Waals surface area (Å²) in [7, 11) is 0. The highest BCUT2D eigenvalue weighted by Gasteiger charge is 2.03. The second kappa shape index (κ2) is 44.3. The van der Waals surface area contributed by atoms with Crippen molar-refractivity contribution in [2.24, 2.45) is 0 Å². The Morgan fingerprint density at radius 2 is 0.780 bits per heavy atom. The van der Waals surface area contributed by atoms with Crippen molar-refractivity contribution in [3.8, 4) is 0 Å². The Bertz CT molecular complexity index is 659. The maximum atomic E-state index is 12.0. The Morgan fingerprint density at radius 1 is 0.440 bits per heavy atom. The average molecular weight is 705 g/mol. The molecule has 0 unspecified atom stereocenters. The van der Waals surface area contributed by atoms with E-state index >= 15 is 0 Å². The van der Waals surface area contributed by atoms with Crippen molar-refractivity contribution in [1.29, 1.82) is 0 Å². The first kappa shape index (κ1) is 49.2. The highest BCUT2D eigenvalue weighted by molar-refractivity contribution is 5.69. The molecule has 3 heteroatoms. The van der Waals surface area contributed by atoms with Gasteiger partial charge in [0.1, 0.15) is 0 Å². The summed E-state index contributed by atoms with van der Waals surface area (Å²) >= 11 is 0. The zero-order chi connectivity index (χ0) is 36.3. The summed E-state index contributed by atoms with van der Waals surface area (Å²) in [4.78, 5) is 12.0. The van der Waals surface area contributed by atoms with Gasteiger partial charge in [-0.3, -0.25) is 4.79 Å². The van der Waals surface area contributed by atoms with Crippen LogP contribution in [0, 0.1) is 0 Å². The summed E-state index contributed by atoms with van der Waals surface area (Å²) in [5, 5.41) is 10.0. The van der Waals surface area contributed by atoms with E-state index in [-0.39, 0.29) is 12.1 Å². The maximum absolute atomic E-state index is 12.0. The molecule has 0 aliphatic rings. The van der Waals surface area contributed by atoms with Crippen molar-refractivity contribution >= 4 is 5.97 Å². The molecule has 0 spiro atoms. The number of allylic oxidation sites excluding steroid dienone is 1. The van der Waals surface area contributed by atoms with Crippen molar-refractivity contribution in [1.82, 2.24) is 0 Å². The Morgan fingerprint density at radius 3 is 1.20 bits per heavy atom. The Hall–Kier alpha value is -0.830. The predicted octanol–water partition coefficient (Wildman–Crippen LogP) is 16.1. The van der Waals surface area contributed by atoms with Crippen LogP contribution in [-0.2, 0) is 9.53 Å². The molecule has 0 bridgehead atoms. The van der Waals surface area contributed by atoms with E-state index in [1.54, 1.807) is 0 Å². The van der Waals surface area contributed by atoms with Gasteiger partial charge in [0.15, 0.2) is 0 Å². The maximum Gasteiger partial charge on any atom is 0.305 e. The Balaban J connectivity index is 3.20. The molecule has 0 aromatic heterocycles. The van der Waals surface area contributed by atoms with Crippen LogP contribution in [0.3, 0.4) is 0 Å². The lowest BCUT2D eigenvalue weighted by Crippen LogP contribution is -2.05. The summed E-state index contributed by atoms with van der Waals surface area (Å²) in [6.07, 6.45) is 56.4. The van der Waals surface area contributed by atoms with Crippen molar-refractivity contribution < 1.29 is 14.6 Å². The molecule has 0 aromatic rings. The van der Waals surface area contributed by atoms with Crippen LogP contribution in [0.1, 0.15) is 271 Å². The van der Waals surface area contributed by atoms with Crippen molar-refractivity contribution in [3.63, 3.8) is 0 Å². The molecule has 1 N–H and O–H groups in total. The standard InChI is InChI=1S/C47H92O3/c1-3-5-7-9-10-11-12-13-14-15-16-17-18-19-20-21-22-23-24-25-26-27-30-33-36-40-44-47(49)50-45-41-37-34-31-28-29-32-35-39-43-46(48)42-38-8-6-4-2/h35,39,46,48H,3-34,36-38,40-45H2,1-2H3/b39-35-/t46-/m1/s1. The number of rotatable bonds is 43. The minimum absolute atomic E-state index is 0.00668. The van der Waals surface area contributed by atoms with Gasteiger partial charge in [0.2, 0.25) is 0 Å². The minimum atomic E-state index is -0.157. The quantitative estimate of drug-likeness (QED) is 0.0390. The van der Waals surface area contributed by atoms with E-state index in [2.05, 4.69) is 26.0 Å². The molecule has 0 rings (SSSR count). The molecule has 0 saturated carbocycles. The van der Waals surface area contributed by atoms with Gasteiger partial charge >= 0.3 is 5.97 Å². The fourth-order valence-electron chi connectivity index (χ4n) is 7.21. The monoisotopic (exact) mass is 705 g/mol. The van der Waals surface area contributed by atoms with Gasteiger partial charge in [0.05, 0.1) is 12.7 Å². The van der Waals surface area contributed by atoms with Crippen molar-refractivity contribution in [2.75, 3.05) is 6.61 Å². The van der Waals surface area contributed by atoms with E-state index in [1.807, 2.05) is 0 Å². The number of carbonyl (C=O) groups is 1. The van der Waals surface area contributed by atoms with Gasteiger partial charge in [-0.2, -0.15) is 0 Å². The lowest BCUT2D eigenvalue weighted by Gasteiger charge is -2.07. The number of unbranched alkanes of at least 4 members (excludes halogenated alkanes) is 34. The first-order chi connectivity index (χ1) is 24.7. The van der Waals surface area contributed by atoms with E-state index in [4.69, 9.17) is 4.74 Å². The van der Waals surface area contributed by atoms with Gasteiger partial charge in [-0.25, -0.2) is 0 Å². The van der Waals surface area contributed by atoms with Gasteiger partial charge in [-0.1, -0.05) is 238 Å². The van der Waals surface area contributed by atoms with Crippen LogP contribution >= 0.6 is 0 Å². The van der Waals surface area contributed by atoms with E-state index in [0.29, 0.717) is 13.0 Å². The molecule has 0 aliphatic carbocycles. The zero-order valence-electron chi connectivity index (χ0n) is 34.5. The molecular formula is C47H92O3. The zero-order valence-corrected chi connectivity index (χ0v) is 34.5. The molecule has 298 valence electrons. The second-order valence-corrected chi connectivity index (χ2v) is 15.9. The lowest BCUT2D eigenvalue weighted by molar-refractivity contribution is -0.143. The van der Waals surface area contributed by atoms with E-state index in [9.17, 15) is 9.90 Å². The predicted molar refractivity (Wildman–Crippen MR) is 222 cm³/mol. The molecule has 3 nitrogen and oxygen atoms in total. The number of hydrogen-bond acceptors (Lipinski definition) is 3. The van der Waals surface area contributed by atoms with Gasteiger partial charge in [-0.15, -0.1) is 0 Å². The SMILES string of the molecule is CCCCCCCCCCCCCCCCCCCCCCCCCCCCC(=O)OCCCCCCCC/C=C\C[C@H](O)CCCCCC. The highest BCUT2D eigenvalue weighted by Crippen LogP contribution is 2.17. The van der Waals surface area contributed by atoms with Crippen LogP contribution in [0.15, 0.2) is 12.2 Å². The number of ether oxygens (including phenoxy) is 1. The molecule has 0 aliphatic heterocycles. The summed E-state index contributed by atoms with van der Waals surface area (Å²) in [6.45, 7) is 5.12. The minimum Gasteiger partial charge on any atom is -0.466 e. The van der Waals surface area contributed by atoms with Crippen LogP contribution in [-0.4, -0.2) is 23.8 Å². The fourth-order valence-corrected chi connectivity index (χ4v) is 7.21. The average Bonchev–Trinajstić information content (AvgIpc) is 3.12. The van der Waals surface area contributed by atoms with E-state index in [0.717, 1.165) is 44.9 Å². The molecule has 0 radical (unpaired) electrons. The van der Waals surface area contributed by atoms with Crippen LogP contribution in [0.4, 0.5) is 0 Å². The Kier molecular flexibility index (Phi) is 43.6. The molecular weight excluding hydrogens is 613 g/mol. The summed E-state index contributed by atoms with van der Waals surface area (Å²) in [5.74, 6) is 0.00668. The summed E-state index contributed by atoms with van der Waals surface area (Å²) < 4.78 is 5.46.